The Morgan fingerprint density at radius 2 is 2.04 bits per heavy atom. The van der Waals surface area contributed by atoms with Crippen LogP contribution in [0.3, 0.4) is 0 Å². The number of hydrazine groups is 1. The smallest absolute Gasteiger partial charge is 0.279 e. The fraction of sp³-hybridized carbons (Fsp3) is 0.118. The van der Waals surface area contributed by atoms with Gasteiger partial charge in [-0.05, 0) is 43.3 Å². The van der Waals surface area contributed by atoms with E-state index in [9.17, 15) is 9.59 Å². The molecule has 0 saturated carbocycles. The summed E-state index contributed by atoms with van der Waals surface area (Å²) >= 11 is 4.79. The van der Waals surface area contributed by atoms with Gasteiger partial charge in [-0.3, -0.25) is 20.4 Å². The van der Waals surface area contributed by atoms with Gasteiger partial charge in [-0.25, -0.2) is 4.98 Å². The molecular weight excluding hydrogens is 406 g/mol. The maximum absolute atomic E-state index is 12.2. The summed E-state index contributed by atoms with van der Waals surface area (Å²) < 4.78 is 7.30. The van der Waals surface area contributed by atoms with Crippen molar-refractivity contribution in [1.82, 2.24) is 15.8 Å². The molecular formula is C17H14BrN3O3S. The van der Waals surface area contributed by atoms with Gasteiger partial charge in [0.25, 0.3) is 11.8 Å². The number of ether oxygens (including phenoxy) is 1. The lowest BCUT2D eigenvalue weighted by molar-refractivity contribution is -0.128. The topological polar surface area (TPSA) is 80.3 Å². The predicted octanol–water partition coefficient (Wildman–Crippen LogP) is 3.29. The number of nitrogens with zero attached hydrogens (tertiary/aromatic N) is 1. The predicted molar refractivity (Wildman–Crippen MR) is 99.5 cm³/mol. The van der Waals surface area contributed by atoms with Gasteiger partial charge < -0.3 is 4.74 Å². The Morgan fingerprint density at radius 3 is 2.84 bits per heavy atom. The summed E-state index contributed by atoms with van der Waals surface area (Å²) in [5.41, 5.74) is 7.75. The van der Waals surface area contributed by atoms with Crippen LogP contribution in [0.2, 0.25) is 0 Å². The SMILES string of the molecule is C[C@H](Oc1cccc(Br)c1)C(=O)NNC(=O)c1ccc2ncsc2c1. The Morgan fingerprint density at radius 1 is 1.20 bits per heavy atom. The summed E-state index contributed by atoms with van der Waals surface area (Å²) in [4.78, 5) is 28.4. The van der Waals surface area contributed by atoms with Crippen LogP contribution >= 0.6 is 27.3 Å². The molecule has 0 saturated heterocycles. The standard InChI is InChI=1S/C17H14BrN3O3S/c1-10(24-13-4-2-3-12(18)8-13)16(22)20-21-17(23)11-5-6-14-15(7-11)25-9-19-14/h2-10H,1H3,(H,20,22)(H,21,23)/t10-/m0/s1. The first-order valence-electron chi connectivity index (χ1n) is 7.38. The van der Waals surface area contributed by atoms with Crippen LogP contribution in [0.15, 0.2) is 52.4 Å². The summed E-state index contributed by atoms with van der Waals surface area (Å²) in [6, 6.07) is 12.3. The number of hydrogen-bond donors (Lipinski definition) is 2. The second-order valence-electron chi connectivity index (χ2n) is 5.20. The average molecular weight is 420 g/mol. The first-order valence-corrected chi connectivity index (χ1v) is 9.06. The number of nitrogens with one attached hydrogen (secondary N) is 2. The zero-order chi connectivity index (χ0) is 17.8. The number of aromatic nitrogens is 1. The van der Waals surface area contributed by atoms with Crippen molar-refractivity contribution in [2.75, 3.05) is 0 Å². The summed E-state index contributed by atoms with van der Waals surface area (Å²) in [7, 11) is 0. The number of halogens is 1. The molecule has 2 N–H and O–H groups in total. The maximum atomic E-state index is 12.2. The quantitative estimate of drug-likeness (QED) is 0.635. The van der Waals surface area contributed by atoms with Crippen LogP contribution in [0, 0.1) is 0 Å². The second kappa shape index (κ2) is 7.62. The van der Waals surface area contributed by atoms with Crippen molar-refractivity contribution in [3.8, 4) is 5.75 Å². The molecule has 3 rings (SSSR count). The monoisotopic (exact) mass is 419 g/mol. The molecule has 128 valence electrons. The van der Waals surface area contributed by atoms with Gasteiger partial charge in [0.15, 0.2) is 6.10 Å². The zero-order valence-electron chi connectivity index (χ0n) is 13.2. The van der Waals surface area contributed by atoms with Crippen molar-refractivity contribution >= 4 is 49.3 Å². The van der Waals surface area contributed by atoms with Crippen LogP contribution in [-0.2, 0) is 4.79 Å². The molecule has 25 heavy (non-hydrogen) atoms. The molecule has 1 atom stereocenters. The van der Waals surface area contributed by atoms with Gasteiger partial charge >= 0.3 is 0 Å². The van der Waals surface area contributed by atoms with E-state index >= 15 is 0 Å². The fourth-order valence-corrected chi connectivity index (χ4v) is 3.18. The van der Waals surface area contributed by atoms with Crippen LogP contribution in [0.5, 0.6) is 5.75 Å². The van der Waals surface area contributed by atoms with Crippen molar-refractivity contribution < 1.29 is 14.3 Å². The van der Waals surface area contributed by atoms with E-state index in [4.69, 9.17) is 4.74 Å². The molecule has 2 amide bonds. The Labute approximate surface area is 156 Å². The van der Waals surface area contributed by atoms with Gasteiger partial charge in [0.05, 0.1) is 15.7 Å². The molecule has 8 heteroatoms. The third kappa shape index (κ3) is 4.34. The molecule has 0 radical (unpaired) electrons. The number of amides is 2. The number of carbonyl (C=O) groups is 2. The first-order chi connectivity index (χ1) is 12.0. The Bertz CT molecular complexity index is 928. The second-order valence-corrected chi connectivity index (χ2v) is 7.00. The van der Waals surface area contributed by atoms with Crippen molar-refractivity contribution in [3.63, 3.8) is 0 Å². The first kappa shape index (κ1) is 17.4. The Kier molecular flexibility index (Phi) is 5.30. The van der Waals surface area contributed by atoms with Crippen molar-refractivity contribution in [3.05, 3.63) is 58.0 Å². The van der Waals surface area contributed by atoms with Gasteiger partial charge in [-0.15, -0.1) is 11.3 Å². The van der Waals surface area contributed by atoms with Crippen molar-refractivity contribution in [1.29, 1.82) is 0 Å². The Balaban J connectivity index is 1.56. The highest BCUT2D eigenvalue weighted by atomic mass is 79.9. The summed E-state index contributed by atoms with van der Waals surface area (Å²) in [5.74, 6) is -0.301. The van der Waals surface area contributed by atoms with Gasteiger partial charge in [-0.2, -0.15) is 0 Å². The molecule has 0 aliphatic heterocycles. The number of rotatable bonds is 4. The van der Waals surface area contributed by atoms with Gasteiger partial charge in [0.1, 0.15) is 5.75 Å². The summed E-state index contributed by atoms with van der Waals surface area (Å²) in [6.07, 6.45) is -0.765. The number of carbonyl (C=O) groups excluding carboxylic acids is 2. The third-order valence-electron chi connectivity index (χ3n) is 3.37. The molecule has 1 heterocycles. The summed E-state index contributed by atoms with van der Waals surface area (Å²) in [5, 5.41) is 0. The molecule has 0 unspecified atom stereocenters. The highest BCUT2D eigenvalue weighted by Gasteiger charge is 2.16. The molecule has 0 aliphatic rings. The number of fused-ring (bicyclic) bond motifs is 1. The molecule has 0 aliphatic carbocycles. The van der Waals surface area contributed by atoms with Crippen molar-refractivity contribution in [2.45, 2.75) is 13.0 Å². The minimum atomic E-state index is -0.765. The molecule has 0 bridgehead atoms. The number of thiazole rings is 1. The lowest BCUT2D eigenvalue weighted by Crippen LogP contribution is -2.47. The maximum Gasteiger partial charge on any atom is 0.279 e. The normalized spacial score (nSPS) is 11.8. The van der Waals surface area contributed by atoms with Crippen LogP contribution in [0.25, 0.3) is 10.2 Å². The number of hydrogen-bond acceptors (Lipinski definition) is 5. The molecule has 0 spiro atoms. The number of benzene rings is 2. The molecule has 6 nitrogen and oxygen atoms in total. The average Bonchev–Trinajstić information content (AvgIpc) is 3.07. The largest absolute Gasteiger partial charge is 0.481 e. The molecule has 3 aromatic rings. The van der Waals surface area contributed by atoms with E-state index in [-0.39, 0.29) is 0 Å². The van der Waals surface area contributed by atoms with Crippen LogP contribution in [-0.4, -0.2) is 22.9 Å². The molecule has 0 fully saturated rings. The minimum absolute atomic E-state index is 0.404. The highest BCUT2D eigenvalue weighted by Crippen LogP contribution is 2.19. The van der Waals surface area contributed by atoms with E-state index in [2.05, 4.69) is 31.8 Å². The van der Waals surface area contributed by atoms with Crippen molar-refractivity contribution in [2.24, 2.45) is 0 Å². The lowest BCUT2D eigenvalue weighted by Gasteiger charge is -2.15. The van der Waals surface area contributed by atoms with Crippen LogP contribution < -0.4 is 15.6 Å². The molecule has 1 aromatic heterocycles. The summed E-state index contributed by atoms with van der Waals surface area (Å²) in [6.45, 7) is 1.60. The van der Waals surface area contributed by atoms with E-state index < -0.39 is 17.9 Å². The van der Waals surface area contributed by atoms with E-state index in [0.717, 1.165) is 14.7 Å². The van der Waals surface area contributed by atoms with E-state index in [1.807, 2.05) is 6.07 Å². The fourth-order valence-electron chi connectivity index (χ4n) is 2.09. The Hall–Kier alpha value is -2.45. The van der Waals surface area contributed by atoms with E-state index in [1.54, 1.807) is 48.8 Å². The third-order valence-corrected chi connectivity index (χ3v) is 4.66. The van der Waals surface area contributed by atoms with Crippen LogP contribution in [0.1, 0.15) is 17.3 Å². The molecule has 2 aromatic carbocycles. The zero-order valence-corrected chi connectivity index (χ0v) is 15.6. The lowest BCUT2D eigenvalue weighted by atomic mass is 10.2. The van der Waals surface area contributed by atoms with Crippen LogP contribution in [0.4, 0.5) is 0 Å². The van der Waals surface area contributed by atoms with E-state index in [0.29, 0.717) is 11.3 Å². The minimum Gasteiger partial charge on any atom is -0.481 e. The highest BCUT2D eigenvalue weighted by molar-refractivity contribution is 9.10. The van der Waals surface area contributed by atoms with Gasteiger partial charge in [0, 0.05) is 10.0 Å². The van der Waals surface area contributed by atoms with Gasteiger partial charge in [-0.1, -0.05) is 22.0 Å². The van der Waals surface area contributed by atoms with Gasteiger partial charge in [0.2, 0.25) is 0 Å². The van der Waals surface area contributed by atoms with E-state index in [1.165, 1.54) is 11.3 Å².